The largest absolute Gasteiger partial charge is 0.328 e. The summed E-state index contributed by atoms with van der Waals surface area (Å²) in [6, 6.07) is 13.2. The van der Waals surface area contributed by atoms with E-state index in [-0.39, 0.29) is 23.6 Å². The number of aryl methyl sites for hydroxylation is 1. The predicted octanol–water partition coefficient (Wildman–Crippen LogP) is 1.98. The molecule has 0 bridgehead atoms. The van der Waals surface area contributed by atoms with Gasteiger partial charge in [-0.15, -0.1) is 0 Å². The number of fused-ring (bicyclic) bond motifs is 1. The molecule has 10 nitrogen and oxygen atoms in total. The molecule has 10 heteroatoms. The molecule has 0 aliphatic carbocycles. The second-order valence-electron chi connectivity index (χ2n) is 6.82. The molecule has 0 unspecified atom stereocenters. The summed E-state index contributed by atoms with van der Waals surface area (Å²) < 4.78 is 3.07. The average Bonchev–Trinajstić information content (AvgIpc) is 3.37. The van der Waals surface area contributed by atoms with E-state index in [4.69, 9.17) is 5.26 Å². The normalized spacial score (nSPS) is 10.6. The first-order valence-electron chi connectivity index (χ1n) is 9.35. The summed E-state index contributed by atoms with van der Waals surface area (Å²) in [6.45, 7) is -0.101. The Hall–Kier alpha value is -4.52. The monoisotopic (exact) mass is 414 g/mol. The van der Waals surface area contributed by atoms with E-state index in [2.05, 4.69) is 20.4 Å². The lowest BCUT2D eigenvalue weighted by Gasteiger charge is -2.13. The van der Waals surface area contributed by atoms with E-state index >= 15 is 0 Å². The topological polar surface area (TPSA) is 121 Å². The van der Waals surface area contributed by atoms with Crippen molar-refractivity contribution in [3.8, 4) is 17.3 Å². The average molecular weight is 414 g/mol. The minimum absolute atomic E-state index is 0.0739. The maximum atomic E-state index is 12.9. The molecule has 1 aromatic carbocycles. The van der Waals surface area contributed by atoms with Gasteiger partial charge in [-0.3, -0.25) is 18.7 Å². The Morgan fingerprint density at radius 1 is 1.19 bits per heavy atom. The van der Waals surface area contributed by atoms with Crippen molar-refractivity contribution in [1.82, 2.24) is 29.0 Å². The molecule has 0 atom stereocenters. The molecule has 3 aromatic heterocycles. The summed E-state index contributed by atoms with van der Waals surface area (Å²) >= 11 is 0. The minimum Gasteiger partial charge on any atom is -0.328 e. The first-order valence-corrected chi connectivity index (χ1v) is 9.35. The second-order valence-corrected chi connectivity index (χ2v) is 6.82. The summed E-state index contributed by atoms with van der Waals surface area (Å²) in [4.78, 5) is 35.6. The Morgan fingerprint density at radius 2 is 1.97 bits per heavy atom. The van der Waals surface area contributed by atoms with Gasteiger partial charge in [-0.2, -0.15) is 15.3 Å². The minimum atomic E-state index is -0.541. The maximum absolute atomic E-state index is 12.9. The fourth-order valence-electron chi connectivity index (χ4n) is 3.11. The third-order valence-electron chi connectivity index (χ3n) is 4.68. The van der Waals surface area contributed by atoms with Crippen LogP contribution in [0.3, 0.4) is 0 Å². The molecule has 0 aliphatic heterocycles. The smallest absolute Gasteiger partial charge is 0.275 e. The van der Waals surface area contributed by atoms with Crippen molar-refractivity contribution in [3.05, 3.63) is 66.2 Å². The molecule has 0 spiro atoms. The molecular weight excluding hydrogens is 396 g/mol. The molecule has 4 aromatic rings. The number of amides is 2. The second kappa shape index (κ2) is 8.08. The van der Waals surface area contributed by atoms with Gasteiger partial charge in [-0.1, -0.05) is 30.3 Å². The molecule has 3 heterocycles. The van der Waals surface area contributed by atoms with E-state index in [1.54, 1.807) is 23.7 Å². The van der Waals surface area contributed by atoms with Gasteiger partial charge in [-0.25, -0.2) is 4.98 Å². The molecule has 0 saturated carbocycles. The lowest BCUT2D eigenvalue weighted by atomic mass is 10.2. The number of anilines is 1. The van der Waals surface area contributed by atoms with Gasteiger partial charge in [0.25, 0.3) is 11.8 Å². The van der Waals surface area contributed by atoms with Crippen molar-refractivity contribution < 1.29 is 9.59 Å². The molecule has 0 saturated heterocycles. The van der Waals surface area contributed by atoms with Gasteiger partial charge in [0, 0.05) is 32.1 Å². The number of carbonyl (C=O) groups is 2. The summed E-state index contributed by atoms with van der Waals surface area (Å²) in [5.74, 6) is -0.302. The summed E-state index contributed by atoms with van der Waals surface area (Å²) in [5.41, 5.74) is 1.89. The van der Waals surface area contributed by atoms with Crippen molar-refractivity contribution in [3.63, 3.8) is 0 Å². The fourth-order valence-corrected chi connectivity index (χ4v) is 3.11. The molecule has 0 aliphatic rings. The highest BCUT2D eigenvalue weighted by Crippen LogP contribution is 2.19. The van der Waals surface area contributed by atoms with Gasteiger partial charge in [0.15, 0.2) is 0 Å². The van der Waals surface area contributed by atoms with Crippen LogP contribution in [0.2, 0.25) is 0 Å². The molecule has 4 rings (SSSR count). The lowest BCUT2D eigenvalue weighted by molar-refractivity contribution is 0.0806. The van der Waals surface area contributed by atoms with E-state index in [9.17, 15) is 9.59 Å². The Labute approximate surface area is 177 Å². The molecule has 2 amide bonds. The van der Waals surface area contributed by atoms with Crippen LogP contribution in [0.1, 0.15) is 20.8 Å². The van der Waals surface area contributed by atoms with E-state index < -0.39 is 11.8 Å². The predicted molar refractivity (Wildman–Crippen MR) is 112 cm³/mol. The number of nitriles is 1. The zero-order chi connectivity index (χ0) is 22.0. The quantitative estimate of drug-likeness (QED) is 0.499. The van der Waals surface area contributed by atoms with Gasteiger partial charge >= 0.3 is 0 Å². The number of benzene rings is 1. The maximum Gasteiger partial charge on any atom is 0.275 e. The number of rotatable bonds is 5. The number of hydrogen-bond acceptors (Lipinski definition) is 6. The van der Waals surface area contributed by atoms with Gasteiger partial charge in [0.05, 0.1) is 23.5 Å². The van der Waals surface area contributed by atoms with Crippen LogP contribution >= 0.6 is 0 Å². The van der Waals surface area contributed by atoms with Crippen molar-refractivity contribution in [1.29, 1.82) is 5.26 Å². The Balaban J connectivity index is 1.60. The van der Waals surface area contributed by atoms with E-state index in [1.807, 2.05) is 42.6 Å². The highest BCUT2D eigenvalue weighted by Gasteiger charge is 2.24. The molecule has 154 valence electrons. The summed E-state index contributed by atoms with van der Waals surface area (Å²) in [6.07, 6.45) is 4.90. The van der Waals surface area contributed by atoms with E-state index in [0.29, 0.717) is 5.78 Å². The van der Waals surface area contributed by atoms with Gasteiger partial charge < -0.3 is 10.2 Å². The standard InChI is InChI=1S/C21H18N8O2/c1-27(11-9-22)20(31)15-12-23-28(2)18(15)19(30)25-17-8-10-29-13-16(24-21(29)26-17)14-6-4-3-5-7-14/h3-8,10,12-13H,11H2,1-2H3,(H,24,25,26,30). The first kappa shape index (κ1) is 19.8. The van der Waals surface area contributed by atoms with E-state index in [0.717, 1.165) is 11.3 Å². The van der Waals surface area contributed by atoms with Crippen LogP contribution in [0.4, 0.5) is 5.82 Å². The van der Waals surface area contributed by atoms with Gasteiger partial charge in [0.1, 0.15) is 18.1 Å². The van der Waals surface area contributed by atoms with Crippen LogP contribution in [0.25, 0.3) is 17.0 Å². The van der Waals surface area contributed by atoms with Crippen molar-refractivity contribution in [2.45, 2.75) is 0 Å². The number of nitrogens with zero attached hydrogens (tertiary/aromatic N) is 7. The zero-order valence-electron chi connectivity index (χ0n) is 16.9. The highest BCUT2D eigenvalue weighted by atomic mass is 16.2. The van der Waals surface area contributed by atoms with Crippen LogP contribution in [0.5, 0.6) is 0 Å². The molecule has 0 radical (unpaired) electrons. The van der Waals surface area contributed by atoms with Crippen molar-refractivity contribution >= 4 is 23.4 Å². The van der Waals surface area contributed by atoms with Crippen LogP contribution in [0.15, 0.2) is 55.0 Å². The Kier molecular flexibility index (Phi) is 5.15. The molecular formula is C21H18N8O2. The van der Waals surface area contributed by atoms with Crippen LogP contribution in [-0.2, 0) is 7.05 Å². The van der Waals surface area contributed by atoms with Crippen molar-refractivity contribution in [2.24, 2.45) is 7.05 Å². The Bertz CT molecular complexity index is 1320. The summed E-state index contributed by atoms with van der Waals surface area (Å²) in [5, 5.41) is 15.5. The number of imidazole rings is 1. The van der Waals surface area contributed by atoms with Crippen LogP contribution in [-0.4, -0.2) is 54.5 Å². The van der Waals surface area contributed by atoms with Crippen LogP contribution in [0, 0.1) is 11.3 Å². The number of hydrogen-bond donors (Lipinski definition) is 1. The Morgan fingerprint density at radius 3 is 2.71 bits per heavy atom. The first-order chi connectivity index (χ1) is 15.0. The third kappa shape index (κ3) is 3.84. The third-order valence-corrected chi connectivity index (χ3v) is 4.68. The van der Waals surface area contributed by atoms with Crippen molar-refractivity contribution in [2.75, 3.05) is 18.9 Å². The fraction of sp³-hybridized carbons (Fsp3) is 0.143. The summed E-state index contributed by atoms with van der Waals surface area (Å²) in [7, 11) is 3.05. The SMILES string of the molecule is CN(CC#N)C(=O)c1cnn(C)c1C(=O)Nc1ccn2cc(-c3ccccc3)nc2n1. The molecule has 31 heavy (non-hydrogen) atoms. The van der Waals surface area contributed by atoms with Gasteiger partial charge in [-0.05, 0) is 6.07 Å². The molecule has 1 N–H and O–H groups in total. The van der Waals surface area contributed by atoms with E-state index in [1.165, 1.54) is 22.8 Å². The lowest BCUT2D eigenvalue weighted by Crippen LogP contribution is -2.29. The number of aromatic nitrogens is 5. The number of nitrogens with one attached hydrogen (secondary N) is 1. The van der Waals surface area contributed by atoms with Crippen LogP contribution < -0.4 is 5.32 Å². The zero-order valence-corrected chi connectivity index (χ0v) is 16.9. The number of carbonyl (C=O) groups excluding carboxylic acids is 2. The molecule has 0 fully saturated rings. The van der Waals surface area contributed by atoms with Gasteiger partial charge in [0.2, 0.25) is 5.78 Å². The highest BCUT2D eigenvalue weighted by molar-refractivity contribution is 6.10.